The van der Waals surface area contributed by atoms with Gasteiger partial charge in [0.25, 0.3) is 0 Å². The highest BCUT2D eigenvalue weighted by molar-refractivity contribution is 7.78. The van der Waals surface area contributed by atoms with Gasteiger partial charge in [0.1, 0.15) is 11.5 Å². The van der Waals surface area contributed by atoms with Crippen molar-refractivity contribution in [3.8, 4) is 11.5 Å². The molecule has 0 spiro atoms. The lowest BCUT2D eigenvalue weighted by atomic mass is 10.2. The van der Waals surface area contributed by atoms with E-state index in [1.54, 1.807) is 0 Å². The van der Waals surface area contributed by atoms with Crippen LogP contribution in [0, 0.1) is 6.92 Å². The van der Waals surface area contributed by atoms with Crippen molar-refractivity contribution in [1.29, 1.82) is 0 Å². The van der Waals surface area contributed by atoms with E-state index in [0.717, 1.165) is 17.2 Å². The van der Waals surface area contributed by atoms with Crippen molar-refractivity contribution < 1.29 is 4.74 Å². The highest BCUT2D eigenvalue weighted by Gasteiger charge is 1.96. The van der Waals surface area contributed by atoms with Crippen LogP contribution < -0.4 is 4.74 Å². The molecule has 0 saturated carbocycles. The van der Waals surface area contributed by atoms with Gasteiger partial charge in [-0.05, 0) is 55.5 Å². The van der Waals surface area contributed by atoms with Gasteiger partial charge in [0.15, 0.2) is 0 Å². The van der Waals surface area contributed by atoms with Crippen molar-refractivity contribution >= 4 is 23.1 Å². The van der Waals surface area contributed by atoms with E-state index in [-0.39, 0.29) is 0 Å². The molecule has 0 aliphatic rings. The fraction of sp³-hybridized carbons (Fsp3) is 0.0714. The van der Waals surface area contributed by atoms with E-state index in [2.05, 4.69) is 22.4 Å². The highest BCUT2D eigenvalue weighted by Crippen LogP contribution is 2.23. The largest absolute Gasteiger partial charge is 0.457 e. The van der Waals surface area contributed by atoms with Crippen LogP contribution in [0.15, 0.2) is 53.5 Å². The zero-order valence-corrected chi connectivity index (χ0v) is 10.2. The molecule has 0 radical (unpaired) electrons. The number of rotatable bonds is 3. The summed E-state index contributed by atoms with van der Waals surface area (Å²) >= 11 is 4.54. The third-order valence-corrected chi connectivity index (χ3v) is 2.36. The lowest BCUT2D eigenvalue weighted by Gasteiger charge is -2.05. The van der Waals surface area contributed by atoms with Crippen molar-refractivity contribution in [3.63, 3.8) is 0 Å². The second-order valence-electron chi connectivity index (χ2n) is 3.61. The van der Waals surface area contributed by atoms with E-state index in [1.807, 2.05) is 55.5 Å². The number of hydrogen-bond acceptors (Lipinski definition) is 3. The molecule has 0 amide bonds. The zero-order chi connectivity index (χ0) is 12.1. The van der Waals surface area contributed by atoms with Crippen LogP contribution in [-0.4, -0.2) is 5.16 Å². The Morgan fingerprint density at radius 3 is 2.00 bits per heavy atom. The van der Waals surface area contributed by atoms with Crippen LogP contribution in [0.2, 0.25) is 0 Å². The quantitative estimate of drug-likeness (QED) is 0.582. The maximum Gasteiger partial charge on any atom is 0.127 e. The first-order chi connectivity index (χ1) is 8.28. The summed E-state index contributed by atoms with van der Waals surface area (Å²) in [6.45, 7) is 2.04. The van der Waals surface area contributed by atoms with Crippen LogP contribution >= 0.6 is 12.2 Å². The number of nitrogens with zero attached hydrogens (tertiary/aromatic N) is 1. The fourth-order valence-corrected chi connectivity index (χ4v) is 1.49. The Labute approximate surface area is 106 Å². The summed E-state index contributed by atoms with van der Waals surface area (Å²) in [5, 5.41) is 2.33. The molecule has 0 bridgehead atoms. The Bertz CT molecular complexity index is 539. The summed E-state index contributed by atoms with van der Waals surface area (Å²) < 4.78 is 5.68. The number of thiocarbonyl (C=S) groups is 1. The molecule has 84 valence electrons. The zero-order valence-electron chi connectivity index (χ0n) is 9.38. The van der Waals surface area contributed by atoms with Crippen LogP contribution in [0.25, 0.3) is 0 Å². The number of isothiocyanates is 1. The standard InChI is InChI=1S/C14H11NOS/c1-11-2-6-13(7-3-11)16-14-8-4-12(5-9-14)15-10-17/h2-9H,1H3. The molecule has 3 heteroatoms. The van der Waals surface area contributed by atoms with Gasteiger partial charge in [0.05, 0.1) is 10.8 Å². The lowest BCUT2D eigenvalue weighted by molar-refractivity contribution is 0.482. The SMILES string of the molecule is Cc1ccc(Oc2ccc(N=C=S)cc2)cc1. The predicted octanol–water partition coefficient (Wildman–Crippen LogP) is 4.52. The molecule has 0 unspecified atom stereocenters. The molecule has 2 rings (SSSR count). The molecule has 0 aliphatic heterocycles. The van der Waals surface area contributed by atoms with Gasteiger partial charge >= 0.3 is 0 Å². The summed E-state index contributed by atoms with van der Waals surface area (Å²) in [6, 6.07) is 15.3. The fourth-order valence-electron chi connectivity index (χ4n) is 1.38. The normalized spacial score (nSPS) is 9.47. The third kappa shape index (κ3) is 3.25. The molecule has 0 atom stereocenters. The van der Waals surface area contributed by atoms with Crippen LogP contribution in [0.3, 0.4) is 0 Å². The monoisotopic (exact) mass is 241 g/mol. The van der Waals surface area contributed by atoms with Gasteiger partial charge in [-0.15, -0.1) is 0 Å². The Morgan fingerprint density at radius 1 is 0.941 bits per heavy atom. The van der Waals surface area contributed by atoms with E-state index in [0.29, 0.717) is 0 Å². The van der Waals surface area contributed by atoms with Crippen LogP contribution in [-0.2, 0) is 0 Å². The van der Waals surface area contributed by atoms with Gasteiger partial charge in [0, 0.05) is 0 Å². The lowest BCUT2D eigenvalue weighted by Crippen LogP contribution is -1.83. The topological polar surface area (TPSA) is 21.6 Å². The van der Waals surface area contributed by atoms with Gasteiger partial charge in [-0.25, -0.2) is 0 Å². The molecule has 0 aliphatic carbocycles. The molecule has 0 heterocycles. The number of hydrogen-bond donors (Lipinski definition) is 0. The second kappa shape index (κ2) is 5.39. The van der Waals surface area contributed by atoms with Crippen molar-refractivity contribution in [1.82, 2.24) is 0 Å². The van der Waals surface area contributed by atoms with Gasteiger partial charge in [-0.2, -0.15) is 4.99 Å². The molecule has 0 fully saturated rings. The van der Waals surface area contributed by atoms with E-state index in [1.165, 1.54) is 5.56 Å². The Balaban J connectivity index is 2.13. The summed E-state index contributed by atoms with van der Waals surface area (Å²) in [5.74, 6) is 1.60. The van der Waals surface area contributed by atoms with E-state index >= 15 is 0 Å². The summed E-state index contributed by atoms with van der Waals surface area (Å²) in [6.07, 6.45) is 0. The average Bonchev–Trinajstić information content (AvgIpc) is 2.35. The molecule has 0 aromatic heterocycles. The smallest absolute Gasteiger partial charge is 0.127 e. The number of benzene rings is 2. The second-order valence-corrected chi connectivity index (χ2v) is 3.79. The minimum atomic E-state index is 0.774. The van der Waals surface area contributed by atoms with Crippen molar-refractivity contribution in [2.75, 3.05) is 0 Å². The van der Waals surface area contributed by atoms with Gasteiger partial charge in [-0.3, -0.25) is 0 Å². The van der Waals surface area contributed by atoms with E-state index < -0.39 is 0 Å². The highest BCUT2D eigenvalue weighted by atomic mass is 32.1. The molecular weight excluding hydrogens is 230 g/mol. The predicted molar refractivity (Wildman–Crippen MR) is 72.4 cm³/mol. The third-order valence-electron chi connectivity index (χ3n) is 2.27. The molecule has 2 aromatic rings. The molecule has 2 aromatic carbocycles. The Morgan fingerprint density at radius 2 is 1.47 bits per heavy atom. The molecule has 17 heavy (non-hydrogen) atoms. The average molecular weight is 241 g/mol. The van der Waals surface area contributed by atoms with Crippen molar-refractivity contribution in [2.24, 2.45) is 4.99 Å². The van der Waals surface area contributed by atoms with Gasteiger partial charge in [-0.1, -0.05) is 17.7 Å². The summed E-state index contributed by atoms with van der Waals surface area (Å²) in [4.78, 5) is 3.88. The molecule has 0 N–H and O–H groups in total. The molecule has 2 nitrogen and oxygen atoms in total. The number of aryl methyl sites for hydroxylation is 1. The first-order valence-electron chi connectivity index (χ1n) is 5.20. The van der Waals surface area contributed by atoms with Gasteiger partial charge < -0.3 is 4.74 Å². The maximum atomic E-state index is 5.68. The van der Waals surface area contributed by atoms with Crippen molar-refractivity contribution in [3.05, 3.63) is 54.1 Å². The summed E-state index contributed by atoms with van der Waals surface area (Å²) in [7, 11) is 0. The van der Waals surface area contributed by atoms with Crippen LogP contribution in [0.4, 0.5) is 5.69 Å². The van der Waals surface area contributed by atoms with Crippen LogP contribution in [0.1, 0.15) is 5.56 Å². The van der Waals surface area contributed by atoms with Crippen LogP contribution in [0.5, 0.6) is 11.5 Å². The maximum absolute atomic E-state index is 5.68. The Hall–Kier alpha value is -1.96. The Kier molecular flexibility index (Phi) is 3.66. The molecular formula is C14H11NOS. The first-order valence-corrected chi connectivity index (χ1v) is 5.61. The van der Waals surface area contributed by atoms with E-state index in [4.69, 9.17) is 4.74 Å². The minimum Gasteiger partial charge on any atom is -0.457 e. The van der Waals surface area contributed by atoms with Gasteiger partial charge in [0.2, 0.25) is 0 Å². The number of ether oxygens (including phenoxy) is 1. The molecule has 0 saturated heterocycles. The summed E-state index contributed by atoms with van der Waals surface area (Å²) in [5.41, 5.74) is 1.99. The van der Waals surface area contributed by atoms with Crippen molar-refractivity contribution in [2.45, 2.75) is 6.92 Å². The minimum absolute atomic E-state index is 0.774. The van der Waals surface area contributed by atoms with E-state index in [9.17, 15) is 0 Å². The first kappa shape index (κ1) is 11.5. The number of aliphatic imine (C=N–C) groups is 1.